The predicted octanol–water partition coefficient (Wildman–Crippen LogP) is 2.17. The van der Waals surface area contributed by atoms with Crippen molar-refractivity contribution < 1.29 is 0 Å². The maximum atomic E-state index is 9.00. The average Bonchev–Trinajstić information content (AvgIpc) is 2.25. The quantitative estimate of drug-likeness (QED) is 0.707. The number of likely N-dealkylation sites (tertiary alicyclic amines) is 1. The number of benzene rings is 1. The minimum atomic E-state index is -0.226. The summed E-state index contributed by atoms with van der Waals surface area (Å²) >= 11 is 0. The Morgan fingerprint density at radius 1 is 1.43 bits per heavy atom. The SMILES string of the molecule is C[C@]1(C#N)CCN1Cc1ccccc1. The zero-order valence-electron chi connectivity index (χ0n) is 8.40. The van der Waals surface area contributed by atoms with Gasteiger partial charge in [-0.3, -0.25) is 4.90 Å². The van der Waals surface area contributed by atoms with Crippen molar-refractivity contribution >= 4 is 0 Å². The highest BCUT2D eigenvalue weighted by molar-refractivity contribution is 5.18. The van der Waals surface area contributed by atoms with Crippen LogP contribution in [-0.4, -0.2) is 17.0 Å². The number of hydrogen-bond acceptors (Lipinski definition) is 2. The van der Waals surface area contributed by atoms with E-state index >= 15 is 0 Å². The molecule has 1 fully saturated rings. The smallest absolute Gasteiger partial charge is 0.107 e. The third kappa shape index (κ3) is 1.51. The van der Waals surface area contributed by atoms with Gasteiger partial charge < -0.3 is 0 Å². The van der Waals surface area contributed by atoms with Crippen molar-refractivity contribution in [2.75, 3.05) is 6.54 Å². The summed E-state index contributed by atoms with van der Waals surface area (Å²) < 4.78 is 0. The van der Waals surface area contributed by atoms with Crippen LogP contribution >= 0.6 is 0 Å². The first-order valence-electron chi connectivity index (χ1n) is 4.95. The molecule has 1 heterocycles. The molecule has 0 aromatic heterocycles. The Morgan fingerprint density at radius 2 is 2.14 bits per heavy atom. The number of hydrogen-bond donors (Lipinski definition) is 0. The van der Waals surface area contributed by atoms with Gasteiger partial charge in [-0.1, -0.05) is 30.3 Å². The second-order valence-corrected chi connectivity index (χ2v) is 4.04. The lowest BCUT2D eigenvalue weighted by Gasteiger charge is -2.45. The van der Waals surface area contributed by atoms with Gasteiger partial charge >= 0.3 is 0 Å². The molecule has 0 bridgehead atoms. The molecule has 0 spiro atoms. The first kappa shape index (κ1) is 9.23. The highest BCUT2D eigenvalue weighted by atomic mass is 15.2. The molecule has 1 saturated heterocycles. The average molecular weight is 186 g/mol. The van der Waals surface area contributed by atoms with E-state index in [2.05, 4.69) is 23.1 Å². The minimum Gasteiger partial charge on any atom is -0.281 e. The van der Waals surface area contributed by atoms with Gasteiger partial charge in [0.05, 0.1) is 6.07 Å². The van der Waals surface area contributed by atoms with Crippen LogP contribution < -0.4 is 0 Å². The van der Waals surface area contributed by atoms with Gasteiger partial charge in [0.15, 0.2) is 0 Å². The molecule has 2 heteroatoms. The van der Waals surface area contributed by atoms with Gasteiger partial charge in [-0.15, -0.1) is 0 Å². The Hall–Kier alpha value is -1.33. The van der Waals surface area contributed by atoms with Gasteiger partial charge in [0.2, 0.25) is 0 Å². The molecule has 1 aromatic carbocycles. The summed E-state index contributed by atoms with van der Waals surface area (Å²) in [5.74, 6) is 0. The van der Waals surface area contributed by atoms with E-state index in [9.17, 15) is 0 Å². The van der Waals surface area contributed by atoms with E-state index < -0.39 is 0 Å². The van der Waals surface area contributed by atoms with Gasteiger partial charge in [-0.05, 0) is 18.9 Å². The molecular formula is C12H14N2. The van der Waals surface area contributed by atoms with Crippen LogP contribution in [0.15, 0.2) is 30.3 Å². The van der Waals surface area contributed by atoms with Gasteiger partial charge in [-0.2, -0.15) is 5.26 Å². The van der Waals surface area contributed by atoms with Gasteiger partial charge in [-0.25, -0.2) is 0 Å². The van der Waals surface area contributed by atoms with Crippen LogP contribution in [-0.2, 0) is 6.54 Å². The fraction of sp³-hybridized carbons (Fsp3) is 0.417. The maximum Gasteiger partial charge on any atom is 0.107 e. The van der Waals surface area contributed by atoms with Crippen molar-refractivity contribution in [2.45, 2.75) is 25.4 Å². The second-order valence-electron chi connectivity index (χ2n) is 4.04. The van der Waals surface area contributed by atoms with Crippen LogP contribution in [0.2, 0.25) is 0 Å². The van der Waals surface area contributed by atoms with Gasteiger partial charge in [0.25, 0.3) is 0 Å². The molecule has 1 aliphatic rings. The predicted molar refractivity (Wildman–Crippen MR) is 55.5 cm³/mol. The molecular weight excluding hydrogens is 172 g/mol. The minimum absolute atomic E-state index is 0.226. The van der Waals surface area contributed by atoms with Crippen molar-refractivity contribution in [1.82, 2.24) is 4.90 Å². The van der Waals surface area contributed by atoms with Crippen LogP contribution in [0, 0.1) is 11.3 Å². The lowest BCUT2D eigenvalue weighted by atomic mass is 9.88. The summed E-state index contributed by atoms with van der Waals surface area (Å²) in [5.41, 5.74) is 1.06. The van der Waals surface area contributed by atoms with Crippen molar-refractivity contribution in [3.8, 4) is 6.07 Å². The third-order valence-corrected chi connectivity index (χ3v) is 3.02. The topological polar surface area (TPSA) is 27.0 Å². The second kappa shape index (κ2) is 3.43. The zero-order valence-corrected chi connectivity index (χ0v) is 8.40. The molecule has 2 nitrogen and oxygen atoms in total. The normalized spacial score (nSPS) is 26.6. The highest BCUT2D eigenvalue weighted by Crippen LogP contribution is 2.30. The molecule has 1 aliphatic heterocycles. The fourth-order valence-electron chi connectivity index (χ4n) is 1.79. The monoisotopic (exact) mass is 186 g/mol. The fourth-order valence-corrected chi connectivity index (χ4v) is 1.79. The maximum absolute atomic E-state index is 9.00. The molecule has 2 rings (SSSR count). The van der Waals surface area contributed by atoms with Crippen molar-refractivity contribution in [3.63, 3.8) is 0 Å². The van der Waals surface area contributed by atoms with Crippen molar-refractivity contribution in [2.24, 2.45) is 0 Å². The number of nitriles is 1. The molecule has 0 unspecified atom stereocenters. The highest BCUT2D eigenvalue weighted by Gasteiger charge is 2.40. The molecule has 14 heavy (non-hydrogen) atoms. The summed E-state index contributed by atoms with van der Waals surface area (Å²) in [5, 5.41) is 9.00. The van der Waals surface area contributed by atoms with Crippen LogP contribution in [0.1, 0.15) is 18.9 Å². The molecule has 72 valence electrons. The zero-order chi connectivity index (χ0) is 10.0. The summed E-state index contributed by atoms with van der Waals surface area (Å²) in [6, 6.07) is 12.7. The van der Waals surface area contributed by atoms with E-state index in [1.165, 1.54) is 5.56 Å². The Morgan fingerprint density at radius 3 is 2.64 bits per heavy atom. The lowest BCUT2D eigenvalue weighted by Crippen LogP contribution is -2.56. The van der Waals surface area contributed by atoms with Crippen LogP contribution in [0.25, 0.3) is 0 Å². The third-order valence-electron chi connectivity index (χ3n) is 3.02. The molecule has 0 amide bonds. The van der Waals surface area contributed by atoms with E-state index in [0.717, 1.165) is 19.5 Å². The van der Waals surface area contributed by atoms with Gasteiger partial charge in [0.1, 0.15) is 5.54 Å². The largest absolute Gasteiger partial charge is 0.281 e. The van der Waals surface area contributed by atoms with Crippen molar-refractivity contribution in [3.05, 3.63) is 35.9 Å². The first-order valence-corrected chi connectivity index (χ1v) is 4.95. The molecule has 1 atom stereocenters. The van der Waals surface area contributed by atoms with Gasteiger partial charge in [0, 0.05) is 13.1 Å². The van der Waals surface area contributed by atoms with E-state index in [1.807, 2.05) is 25.1 Å². The Kier molecular flexibility index (Phi) is 2.26. The molecule has 0 aliphatic carbocycles. The Balaban J connectivity index is 2.04. The van der Waals surface area contributed by atoms with Crippen molar-refractivity contribution in [1.29, 1.82) is 5.26 Å². The van der Waals surface area contributed by atoms with E-state index in [-0.39, 0.29) is 5.54 Å². The van der Waals surface area contributed by atoms with Crippen LogP contribution in [0.5, 0.6) is 0 Å². The van der Waals surface area contributed by atoms with E-state index in [0.29, 0.717) is 0 Å². The molecule has 1 aromatic rings. The summed E-state index contributed by atoms with van der Waals surface area (Å²) in [7, 11) is 0. The number of nitrogens with zero attached hydrogens (tertiary/aromatic N) is 2. The van der Waals surface area contributed by atoms with E-state index in [1.54, 1.807) is 0 Å². The Bertz CT molecular complexity index is 352. The first-order chi connectivity index (χ1) is 6.74. The molecule has 0 saturated carbocycles. The number of rotatable bonds is 2. The van der Waals surface area contributed by atoms with Crippen LogP contribution in [0.3, 0.4) is 0 Å². The summed E-state index contributed by atoms with van der Waals surface area (Å²) in [6.45, 7) is 3.95. The summed E-state index contributed by atoms with van der Waals surface area (Å²) in [6.07, 6.45) is 0.996. The molecule has 0 radical (unpaired) electrons. The van der Waals surface area contributed by atoms with E-state index in [4.69, 9.17) is 5.26 Å². The molecule has 0 N–H and O–H groups in total. The summed E-state index contributed by atoms with van der Waals surface area (Å²) in [4.78, 5) is 2.22. The standard InChI is InChI=1S/C12H14N2/c1-12(10-13)7-8-14(12)9-11-5-3-2-4-6-11/h2-6H,7-9H2,1H3/t12-/m1/s1. The van der Waals surface area contributed by atoms with Crippen LogP contribution in [0.4, 0.5) is 0 Å². The Labute approximate surface area is 84.8 Å². The lowest BCUT2D eigenvalue weighted by molar-refractivity contribution is 0.0382.